The Morgan fingerprint density at radius 2 is 1.39 bits per heavy atom. The van der Waals surface area contributed by atoms with Gasteiger partial charge in [0.15, 0.2) is 0 Å². The lowest BCUT2D eigenvalue weighted by molar-refractivity contribution is -0.125. The minimum atomic E-state index is -1.15. The van der Waals surface area contributed by atoms with Crippen LogP contribution in [-0.2, 0) is 15.0 Å². The minimum absolute atomic E-state index is 0.00304. The number of hydrogen-bond donors (Lipinski definition) is 3. The number of amides is 2. The van der Waals surface area contributed by atoms with Crippen molar-refractivity contribution >= 4 is 24.0 Å². The van der Waals surface area contributed by atoms with Gasteiger partial charge in [0.05, 0.1) is 0 Å². The molecule has 1 heterocycles. The molecule has 4 rings (SSSR count). The molecule has 1 aliphatic carbocycles. The van der Waals surface area contributed by atoms with Crippen molar-refractivity contribution in [3.8, 4) is 11.5 Å². The number of nitrogens with one attached hydrogen (secondary N) is 1. The van der Waals surface area contributed by atoms with E-state index in [0.717, 1.165) is 0 Å². The van der Waals surface area contributed by atoms with Gasteiger partial charge in [0.25, 0.3) is 0 Å². The normalized spacial score (nSPS) is 17.6. The lowest BCUT2D eigenvalue weighted by atomic mass is 9.71. The van der Waals surface area contributed by atoms with Gasteiger partial charge in [-0.15, -0.1) is 0 Å². The van der Waals surface area contributed by atoms with Crippen LogP contribution in [0.1, 0.15) is 28.7 Å². The first-order valence-electron chi connectivity index (χ1n) is 7.20. The van der Waals surface area contributed by atoms with Crippen molar-refractivity contribution in [2.75, 3.05) is 0 Å². The Morgan fingerprint density at radius 3 is 1.83 bits per heavy atom. The first-order valence-corrected chi connectivity index (χ1v) is 7.20. The molecule has 0 unspecified atom stereocenters. The maximum atomic E-state index is 12.7. The molecule has 0 bridgehead atoms. The molecule has 2 aromatic rings. The molecule has 0 saturated carbocycles. The van der Waals surface area contributed by atoms with Crippen LogP contribution >= 0.6 is 0 Å². The van der Waals surface area contributed by atoms with Crippen LogP contribution in [0.3, 0.4) is 0 Å². The van der Waals surface area contributed by atoms with Crippen molar-refractivity contribution in [3.63, 3.8) is 0 Å². The van der Waals surface area contributed by atoms with Crippen LogP contribution in [0.2, 0.25) is 0 Å². The Bertz CT molecular complexity index is 842. The third kappa shape index (κ3) is 1.80. The van der Waals surface area contributed by atoms with E-state index in [1.165, 1.54) is 12.1 Å². The zero-order chi connectivity index (χ0) is 16.2. The predicted molar refractivity (Wildman–Crippen MR) is 83.7 cm³/mol. The summed E-state index contributed by atoms with van der Waals surface area (Å²) in [6, 6.07) is 9.50. The van der Waals surface area contributed by atoms with E-state index in [0.29, 0.717) is 22.3 Å². The average molecular weight is 307 g/mol. The summed E-state index contributed by atoms with van der Waals surface area (Å²) in [4.78, 5) is 24.7. The van der Waals surface area contributed by atoms with Crippen molar-refractivity contribution < 1.29 is 19.8 Å². The number of carbonyl (C=O) groups is 2. The molecule has 5 nitrogen and oxygen atoms in total. The fourth-order valence-corrected chi connectivity index (χ4v) is 3.51. The van der Waals surface area contributed by atoms with Gasteiger partial charge in [-0.05, 0) is 46.5 Å². The van der Waals surface area contributed by atoms with Gasteiger partial charge < -0.3 is 10.2 Å². The summed E-state index contributed by atoms with van der Waals surface area (Å²) in [6.07, 6.45) is 3.55. The second-order valence-electron chi connectivity index (χ2n) is 5.84. The van der Waals surface area contributed by atoms with Crippen molar-refractivity contribution in [1.82, 2.24) is 5.32 Å². The van der Waals surface area contributed by atoms with Crippen LogP contribution in [0.25, 0.3) is 12.2 Å². The highest BCUT2D eigenvalue weighted by atomic mass is 16.3. The largest absolute Gasteiger partial charge is 0.508 e. The standard InChI is InChI=1S/C18H13NO4/c20-12-3-5-14-10(7-12)1-2-11-8-13(21)4-6-15(11)18(14)9-16(22)19-17(18)23/h1-8,20-21H,9H2,(H,19,22,23). The highest BCUT2D eigenvalue weighted by molar-refractivity contribution is 6.12. The molecule has 3 N–H and O–H groups in total. The van der Waals surface area contributed by atoms with Gasteiger partial charge >= 0.3 is 0 Å². The van der Waals surface area contributed by atoms with Crippen molar-refractivity contribution in [2.24, 2.45) is 0 Å². The number of imide groups is 1. The van der Waals surface area contributed by atoms with Crippen LogP contribution in [0.15, 0.2) is 36.4 Å². The molecule has 0 aromatic heterocycles. The van der Waals surface area contributed by atoms with Crippen LogP contribution in [0.5, 0.6) is 11.5 Å². The fourth-order valence-electron chi connectivity index (χ4n) is 3.51. The van der Waals surface area contributed by atoms with Crippen LogP contribution < -0.4 is 5.32 Å². The zero-order valence-electron chi connectivity index (χ0n) is 12.0. The smallest absolute Gasteiger partial charge is 0.242 e. The van der Waals surface area contributed by atoms with Crippen molar-refractivity contribution in [3.05, 3.63) is 58.7 Å². The molecule has 0 atom stereocenters. The Balaban J connectivity index is 2.11. The van der Waals surface area contributed by atoms with Gasteiger partial charge in [0, 0.05) is 6.42 Å². The molecule has 1 saturated heterocycles. The fraction of sp³-hybridized carbons (Fsp3) is 0.111. The Kier molecular flexibility index (Phi) is 2.63. The number of fused-ring (bicyclic) bond motifs is 4. The van der Waals surface area contributed by atoms with Crippen LogP contribution in [0, 0.1) is 0 Å². The first-order chi connectivity index (χ1) is 11.0. The molecule has 1 fully saturated rings. The SMILES string of the molecule is O=C1CC2(C(=O)N1)c1ccc(O)cc1C=Cc1cc(O)ccc12. The number of hydrogen-bond acceptors (Lipinski definition) is 4. The average Bonchev–Trinajstić information content (AvgIpc) is 2.72. The van der Waals surface area contributed by atoms with E-state index in [-0.39, 0.29) is 29.7 Å². The molecule has 5 heteroatoms. The molecule has 1 aliphatic heterocycles. The monoisotopic (exact) mass is 307 g/mol. The number of phenolic OH excluding ortho intramolecular Hbond substituents is 2. The number of benzene rings is 2. The molecule has 0 radical (unpaired) electrons. The Morgan fingerprint density at radius 1 is 0.870 bits per heavy atom. The first kappa shape index (κ1) is 13.6. The zero-order valence-corrected chi connectivity index (χ0v) is 12.0. The molecule has 2 aliphatic rings. The number of aromatic hydroxyl groups is 2. The number of phenols is 2. The second-order valence-corrected chi connectivity index (χ2v) is 5.84. The summed E-state index contributed by atoms with van der Waals surface area (Å²) < 4.78 is 0. The van der Waals surface area contributed by atoms with E-state index in [2.05, 4.69) is 5.32 Å². The molecule has 1 spiro atoms. The molecule has 2 amide bonds. The van der Waals surface area contributed by atoms with Gasteiger partial charge in [0.2, 0.25) is 11.8 Å². The van der Waals surface area contributed by atoms with Crippen LogP contribution in [-0.4, -0.2) is 22.0 Å². The molecule has 114 valence electrons. The summed E-state index contributed by atoms with van der Waals surface area (Å²) in [7, 11) is 0. The maximum absolute atomic E-state index is 12.7. The van der Waals surface area contributed by atoms with E-state index in [9.17, 15) is 19.8 Å². The van der Waals surface area contributed by atoms with Gasteiger partial charge in [0.1, 0.15) is 16.9 Å². The lowest BCUT2D eigenvalue weighted by Gasteiger charge is -2.28. The molecular formula is C18H13NO4. The summed E-state index contributed by atoms with van der Waals surface area (Å²) in [6.45, 7) is 0. The topological polar surface area (TPSA) is 86.6 Å². The summed E-state index contributed by atoms with van der Waals surface area (Å²) in [5.74, 6) is -0.552. The Hall–Kier alpha value is -3.08. The summed E-state index contributed by atoms with van der Waals surface area (Å²) in [5.41, 5.74) is 1.53. The van der Waals surface area contributed by atoms with Gasteiger partial charge in [-0.1, -0.05) is 24.3 Å². The molecule has 23 heavy (non-hydrogen) atoms. The number of carbonyl (C=O) groups excluding carboxylic acids is 2. The Labute approximate surface area is 131 Å². The van der Waals surface area contributed by atoms with Gasteiger partial charge in [-0.3, -0.25) is 14.9 Å². The van der Waals surface area contributed by atoms with E-state index in [4.69, 9.17) is 0 Å². The van der Waals surface area contributed by atoms with E-state index in [1.54, 1.807) is 36.4 Å². The summed E-state index contributed by atoms with van der Waals surface area (Å²) in [5, 5.41) is 21.9. The quantitative estimate of drug-likeness (QED) is 0.649. The van der Waals surface area contributed by atoms with E-state index in [1.807, 2.05) is 0 Å². The molecular weight excluding hydrogens is 294 g/mol. The highest BCUT2D eigenvalue weighted by Gasteiger charge is 2.51. The highest BCUT2D eigenvalue weighted by Crippen LogP contribution is 2.46. The maximum Gasteiger partial charge on any atom is 0.242 e. The number of rotatable bonds is 0. The van der Waals surface area contributed by atoms with E-state index < -0.39 is 5.41 Å². The third-order valence-corrected chi connectivity index (χ3v) is 4.50. The van der Waals surface area contributed by atoms with Crippen LogP contribution in [0.4, 0.5) is 0 Å². The molecule has 2 aromatic carbocycles. The van der Waals surface area contributed by atoms with Crippen molar-refractivity contribution in [2.45, 2.75) is 11.8 Å². The van der Waals surface area contributed by atoms with E-state index >= 15 is 0 Å². The minimum Gasteiger partial charge on any atom is -0.508 e. The van der Waals surface area contributed by atoms with Gasteiger partial charge in [-0.2, -0.15) is 0 Å². The van der Waals surface area contributed by atoms with Crippen molar-refractivity contribution in [1.29, 1.82) is 0 Å². The lowest BCUT2D eigenvalue weighted by Crippen LogP contribution is -2.37. The second kappa shape index (κ2) is 4.46. The third-order valence-electron chi connectivity index (χ3n) is 4.50. The predicted octanol–water partition coefficient (Wildman–Crippen LogP) is 1.91. The van der Waals surface area contributed by atoms with Gasteiger partial charge in [-0.25, -0.2) is 0 Å². The summed E-state index contributed by atoms with van der Waals surface area (Å²) >= 11 is 0.